The van der Waals surface area contributed by atoms with Crippen LogP contribution in [0.5, 0.6) is 5.75 Å². The summed E-state index contributed by atoms with van der Waals surface area (Å²) in [5, 5.41) is -0.175. The van der Waals surface area contributed by atoms with Crippen LogP contribution in [-0.4, -0.2) is 20.1 Å². The molecule has 0 spiro atoms. The van der Waals surface area contributed by atoms with Crippen molar-refractivity contribution in [2.75, 3.05) is 6.61 Å². The van der Waals surface area contributed by atoms with Crippen molar-refractivity contribution in [1.29, 1.82) is 0 Å². The van der Waals surface area contributed by atoms with Crippen LogP contribution in [0.15, 0.2) is 27.6 Å². The average molecular weight is 354 g/mol. The quantitative estimate of drug-likeness (QED) is 0.537. The topological polar surface area (TPSA) is 93.5 Å². The molecular formula is C9H12BrN3O3S2. The third-order valence-corrected chi connectivity index (χ3v) is 3.67. The van der Waals surface area contributed by atoms with Gasteiger partial charge in [-0.1, -0.05) is 15.9 Å². The molecule has 0 atom stereocenters. The Bertz CT molecular complexity index is 548. The van der Waals surface area contributed by atoms with Crippen LogP contribution >= 0.6 is 28.1 Å². The summed E-state index contributed by atoms with van der Waals surface area (Å²) in [6.45, 7) is 2.12. The van der Waals surface area contributed by atoms with E-state index in [1.165, 1.54) is 6.07 Å². The first kappa shape index (κ1) is 15.2. The number of hydrogen-bond donors (Lipinski definition) is 3. The number of hydrogen-bond acceptors (Lipinski definition) is 4. The molecule has 0 aromatic heterocycles. The first-order valence-corrected chi connectivity index (χ1v) is 7.55. The number of rotatable bonds is 5. The lowest BCUT2D eigenvalue weighted by atomic mass is 10.3. The minimum Gasteiger partial charge on any atom is -0.492 e. The van der Waals surface area contributed by atoms with Crippen LogP contribution in [-0.2, 0) is 10.0 Å². The monoisotopic (exact) mass is 353 g/mol. The number of nitrogens with one attached hydrogen (secondary N) is 2. The Labute approximate surface area is 119 Å². The number of sulfonamides is 1. The van der Waals surface area contributed by atoms with Gasteiger partial charge in [0.15, 0.2) is 5.11 Å². The van der Waals surface area contributed by atoms with Gasteiger partial charge in [-0.15, -0.1) is 4.83 Å². The maximum absolute atomic E-state index is 12.0. The Morgan fingerprint density at radius 1 is 1.56 bits per heavy atom. The van der Waals surface area contributed by atoms with Crippen molar-refractivity contribution in [3.63, 3.8) is 0 Å². The Morgan fingerprint density at radius 2 is 2.22 bits per heavy atom. The van der Waals surface area contributed by atoms with E-state index < -0.39 is 10.0 Å². The van der Waals surface area contributed by atoms with Crippen LogP contribution in [0.4, 0.5) is 0 Å². The molecule has 1 aromatic rings. The highest BCUT2D eigenvalue weighted by molar-refractivity contribution is 9.10. The lowest BCUT2D eigenvalue weighted by molar-refractivity contribution is 0.331. The second-order valence-electron chi connectivity index (χ2n) is 3.12. The maximum Gasteiger partial charge on any atom is 0.261 e. The van der Waals surface area contributed by atoms with Crippen molar-refractivity contribution in [3.05, 3.63) is 22.7 Å². The summed E-state index contributed by atoms with van der Waals surface area (Å²) in [5.74, 6) is 0.248. The molecule has 1 rings (SSSR count). The van der Waals surface area contributed by atoms with Gasteiger partial charge in [0.1, 0.15) is 10.6 Å². The van der Waals surface area contributed by atoms with E-state index in [9.17, 15) is 8.42 Å². The largest absolute Gasteiger partial charge is 0.492 e. The Hall–Kier alpha value is -0.900. The molecule has 0 amide bonds. The maximum atomic E-state index is 12.0. The minimum absolute atomic E-state index is 0.0116. The molecular weight excluding hydrogens is 342 g/mol. The molecule has 4 N–H and O–H groups in total. The summed E-state index contributed by atoms with van der Waals surface area (Å²) in [6.07, 6.45) is 0. The van der Waals surface area contributed by atoms with Crippen molar-refractivity contribution >= 4 is 43.3 Å². The van der Waals surface area contributed by atoms with E-state index in [-0.39, 0.29) is 15.8 Å². The molecule has 18 heavy (non-hydrogen) atoms. The number of thiocarbonyl (C=S) groups is 1. The van der Waals surface area contributed by atoms with Crippen LogP contribution in [0.3, 0.4) is 0 Å². The van der Waals surface area contributed by atoms with Crippen molar-refractivity contribution < 1.29 is 13.2 Å². The highest BCUT2D eigenvalue weighted by atomic mass is 79.9. The number of nitrogens with two attached hydrogens (primary N) is 1. The van der Waals surface area contributed by atoms with Crippen LogP contribution in [0.25, 0.3) is 0 Å². The Balaban J connectivity index is 3.13. The zero-order valence-corrected chi connectivity index (χ0v) is 12.7. The zero-order chi connectivity index (χ0) is 13.8. The molecule has 9 heteroatoms. The highest BCUT2D eigenvalue weighted by Gasteiger charge is 2.20. The van der Waals surface area contributed by atoms with Gasteiger partial charge in [-0.2, -0.15) is 0 Å². The fourth-order valence-electron chi connectivity index (χ4n) is 1.14. The summed E-state index contributed by atoms with van der Waals surface area (Å²) in [6, 6.07) is 4.67. The van der Waals surface area contributed by atoms with Crippen LogP contribution in [0, 0.1) is 0 Å². The molecule has 0 saturated carbocycles. The van der Waals surface area contributed by atoms with E-state index in [0.717, 1.165) is 0 Å². The molecule has 0 aliphatic rings. The van der Waals surface area contributed by atoms with Gasteiger partial charge < -0.3 is 10.5 Å². The van der Waals surface area contributed by atoms with Crippen molar-refractivity contribution in [1.82, 2.24) is 10.3 Å². The van der Waals surface area contributed by atoms with E-state index in [1.807, 2.05) is 0 Å². The van der Waals surface area contributed by atoms with Crippen molar-refractivity contribution in [2.45, 2.75) is 11.8 Å². The van der Waals surface area contributed by atoms with Crippen LogP contribution in [0.1, 0.15) is 6.92 Å². The molecule has 0 fully saturated rings. The van der Waals surface area contributed by atoms with Crippen LogP contribution < -0.4 is 20.7 Å². The third kappa shape index (κ3) is 4.09. The van der Waals surface area contributed by atoms with Gasteiger partial charge in [-0.3, -0.25) is 5.43 Å². The third-order valence-electron chi connectivity index (χ3n) is 1.80. The second-order valence-corrected chi connectivity index (χ2v) is 6.13. The van der Waals surface area contributed by atoms with Gasteiger partial charge in [0.25, 0.3) is 10.0 Å². The Kier molecular flexibility index (Phi) is 5.32. The SMILES string of the molecule is CCOc1ccc(Br)cc1S(=O)(=O)NNC(N)=S. The number of ether oxygens (including phenoxy) is 1. The van der Waals surface area contributed by atoms with Gasteiger partial charge >= 0.3 is 0 Å². The molecule has 0 aliphatic heterocycles. The number of halogens is 1. The molecule has 0 heterocycles. The fraction of sp³-hybridized carbons (Fsp3) is 0.222. The smallest absolute Gasteiger partial charge is 0.261 e. The van der Waals surface area contributed by atoms with E-state index in [1.54, 1.807) is 19.1 Å². The number of benzene rings is 1. The summed E-state index contributed by atoms with van der Waals surface area (Å²) in [5.41, 5.74) is 7.33. The van der Waals surface area contributed by atoms with Crippen LogP contribution in [0.2, 0.25) is 0 Å². The highest BCUT2D eigenvalue weighted by Crippen LogP contribution is 2.27. The van der Waals surface area contributed by atoms with Gasteiger partial charge in [0.2, 0.25) is 0 Å². The summed E-state index contributed by atoms with van der Waals surface area (Å²) < 4.78 is 29.9. The molecule has 0 radical (unpaired) electrons. The van der Waals surface area contributed by atoms with Gasteiger partial charge in [-0.05, 0) is 37.3 Å². The summed E-state index contributed by atoms with van der Waals surface area (Å²) in [4.78, 5) is 2.04. The standard InChI is InChI=1S/C9H12BrN3O3S2/c1-2-16-7-4-3-6(10)5-8(7)18(14,15)13-12-9(11)17/h3-5,13H,2H2,1H3,(H3,11,12,17). The van der Waals surface area contributed by atoms with E-state index in [0.29, 0.717) is 11.1 Å². The summed E-state index contributed by atoms with van der Waals surface area (Å²) >= 11 is 7.72. The van der Waals surface area contributed by atoms with Gasteiger partial charge in [0.05, 0.1) is 6.61 Å². The second kappa shape index (κ2) is 6.32. The first-order valence-electron chi connectivity index (χ1n) is 4.86. The average Bonchev–Trinajstić information content (AvgIpc) is 2.29. The predicted molar refractivity (Wildman–Crippen MR) is 75.6 cm³/mol. The van der Waals surface area contributed by atoms with Crippen molar-refractivity contribution in [3.8, 4) is 5.75 Å². The molecule has 0 saturated heterocycles. The van der Waals surface area contributed by atoms with Gasteiger partial charge in [-0.25, -0.2) is 8.42 Å². The fourth-order valence-corrected chi connectivity index (χ4v) is 2.80. The molecule has 0 aliphatic carbocycles. The summed E-state index contributed by atoms with van der Waals surface area (Å²) in [7, 11) is -3.81. The Morgan fingerprint density at radius 3 is 2.78 bits per heavy atom. The molecule has 0 bridgehead atoms. The number of hydrazine groups is 1. The first-order chi connectivity index (χ1) is 8.36. The molecule has 1 aromatic carbocycles. The lowest BCUT2D eigenvalue weighted by Crippen LogP contribution is -2.44. The molecule has 100 valence electrons. The molecule has 0 unspecified atom stereocenters. The minimum atomic E-state index is -3.81. The predicted octanol–water partition coefficient (Wildman–Crippen LogP) is 0.874. The normalized spacial score (nSPS) is 11.0. The van der Waals surface area contributed by atoms with E-state index >= 15 is 0 Å². The van der Waals surface area contributed by atoms with E-state index in [2.05, 4.69) is 38.4 Å². The lowest BCUT2D eigenvalue weighted by Gasteiger charge is -2.12. The van der Waals surface area contributed by atoms with Crippen molar-refractivity contribution in [2.24, 2.45) is 5.73 Å². The van der Waals surface area contributed by atoms with E-state index in [4.69, 9.17) is 10.5 Å². The van der Waals surface area contributed by atoms with Gasteiger partial charge in [0, 0.05) is 4.47 Å². The zero-order valence-electron chi connectivity index (χ0n) is 9.44. The molecule has 6 nitrogen and oxygen atoms in total.